The van der Waals surface area contributed by atoms with E-state index in [1.165, 1.54) is 11.8 Å². The van der Waals surface area contributed by atoms with E-state index in [4.69, 9.17) is 4.74 Å². The Balaban J connectivity index is 1.88. The fourth-order valence-corrected chi connectivity index (χ4v) is 2.84. The third-order valence-electron chi connectivity index (χ3n) is 4.29. The van der Waals surface area contributed by atoms with Crippen molar-refractivity contribution in [2.24, 2.45) is 0 Å². The van der Waals surface area contributed by atoms with Crippen molar-refractivity contribution in [2.75, 3.05) is 16.8 Å². The van der Waals surface area contributed by atoms with Gasteiger partial charge in [0.15, 0.2) is 11.9 Å². The van der Waals surface area contributed by atoms with E-state index in [0.29, 0.717) is 22.7 Å². The van der Waals surface area contributed by atoms with Crippen LogP contribution in [0.2, 0.25) is 0 Å². The number of Topliss-reactive ketones (excluding diaryl/α,β-unsaturated/α-hetero) is 1. The van der Waals surface area contributed by atoms with Crippen LogP contribution in [0.1, 0.15) is 29.8 Å². The lowest BCUT2D eigenvalue weighted by Gasteiger charge is -2.32. The first-order chi connectivity index (χ1) is 12.4. The highest BCUT2D eigenvalue weighted by Gasteiger charge is 2.33. The number of hydrogen-bond acceptors (Lipinski definition) is 4. The van der Waals surface area contributed by atoms with Crippen molar-refractivity contribution < 1.29 is 19.1 Å². The average molecular weight is 352 g/mol. The van der Waals surface area contributed by atoms with Crippen molar-refractivity contribution in [1.82, 2.24) is 0 Å². The zero-order valence-electron chi connectivity index (χ0n) is 14.9. The number of fused-ring (bicyclic) bond motifs is 1. The Labute approximate surface area is 151 Å². The fourth-order valence-electron chi connectivity index (χ4n) is 2.84. The normalized spacial score (nSPS) is 15.9. The van der Waals surface area contributed by atoms with Crippen molar-refractivity contribution in [3.05, 3.63) is 53.6 Å². The molecular formula is C20H20N2O4. The summed E-state index contributed by atoms with van der Waals surface area (Å²) in [6.45, 7) is 4.82. The Morgan fingerprint density at radius 3 is 2.62 bits per heavy atom. The largest absolute Gasteiger partial charge is 0.479 e. The van der Waals surface area contributed by atoms with Crippen molar-refractivity contribution in [1.29, 1.82) is 0 Å². The molecule has 0 aromatic heterocycles. The molecule has 1 aliphatic rings. The van der Waals surface area contributed by atoms with Crippen LogP contribution in [0.15, 0.2) is 42.5 Å². The molecule has 2 aromatic carbocycles. The molecule has 6 nitrogen and oxygen atoms in total. The third kappa shape index (κ3) is 3.44. The minimum atomic E-state index is -0.697. The van der Waals surface area contributed by atoms with Crippen LogP contribution in [-0.4, -0.2) is 30.2 Å². The van der Waals surface area contributed by atoms with Crippen LogP contribution >= 0.6 is 0 Å². The Hall–Kier alpha value is -3.15. The van der Waals surface area contributed by atoms with Crippen LogP contribution in [0.25, 0.3) is 0 Å². The molecule has 1 N–H and O–H groups in total. The van der Waals surface area contributed by atoms with Crippen LogP contribution in [-0.2, 0) is 9.59 Å². The number of carbonyl (C=O) groups is 3. The average Bonchev–Trinajstić information content (AvgIpc) is 2.60. The number of hydrogen-bond donors (Lipinski definition) is 1. The minimum Gasteiger partial charge on any atom is -0.479 e. The Morgan fingerprint density at radius 2 is 1.92 bits per heavy atom. The summed E-state index contributed by atoms with van der Waals surface area (Å²) >= 11 is 0. The molecule has 1 unspecified atom stereocenters. The second kappa shape index (κ2) is 7.00. The number of benzene rings is 2. The van der Waals surface area contributed by atoms with E-state index < -0.39 is 6.10 Å². The number of aryl methyl sites for hydroxylation is 1. The maximum Gasteiger partial charge on any atom is 0.268 e. The van der Waals surface area contributed by atoms with Gasteiger partial charge in [0.1, 0.15) is 12.3 Å². The number of anilines is 2. The highest BCUT2D eigenvalue weighted by atomic mass is 16.5. The summed E-state index contributed by atoms with van der Waals surface area (Å²) in [6.07, 6.45) is -0.697. The number of nitrogens with zero attached hydrogens (tertiary/aromatic N) is 1. The van der Waals surface area contributed by atoms with Gasteiger partial charge in [0.2, 0.25) is 5.91 Å². The van der Waals surface area contributed by atoms with Crippen LogP contribution in [0.5, 0.6) is 5.75 Å². The van der Waals surface area contributed by atoms with Crippen molar-refractivity contribution in [3.63, 3.8) is 0 Å². The van der Waals surface area contributed by atoms with Gasteiger partial charge in [0.05, 0.1) is 5.69 Å². The number of carbonyl (C=O) groups excluding carboxylic acids is 3. The van der Waals surface area contributed by atoms with E-state index >= 15 is 0 Å². The topological polar surface area (TPSA) is 75.7 Å². The molecule has 6 heteroatoms. The first-order valence-corrected chi connectivity index (χ1v) is 8.35. The molecule has 1 heterocycles. The van der Waals surface area contributed by atoms with Gasteiger partial charge in [0.25, 0.3) is 5.91 Å². The molecule has 2 aromatic rings. The number of nitrogens with one attached hydrogen (secondary N) is 1. The van der Waals surface area contributed by atoms with E-state index in [-0.39, 0.29) is 24.1 Å². The lowest BCUT2D eigenvalue weighted by molar-refractivity contribution is -0.127. The van der Waals surface area contributed by atoms with Gasteiger partial charge in [-0.25, -0.2) is 0 Å². The quantitative estimate of drug-likeness (QED) is 0.859. The van der Waals surface area contributed by atoms with Gasteiger partial charge < -0.3 is 10.1 Å². The molecule has 0 radical (unpaired) electrons. The van der Waals surface area contributed by atoms with Crippen molar-refractivity contribution in [2.45, 2.75) is 26.9 Å². The number of rotatable bonds is 4. The summed E-state index contributed by atoms with van der Waals surface area (Å²) in [6, 6.07) is 12.3. The number of amides is 2. The lowest BCUT2D eigenvalue weighted by atomic mass is 10.1. The maximum atomic E-state index is 12.6. The van der Waals surface area contributed by atoms with Gasteiger partial charge in [-0.15, -0.1) is 0 Å². The van der Waals surface area contributed by atoms with E-state index in [2.05, 4.69) is 5.32 Å². The molecule has 0 fully saturated rings. The van der Waals surface area contributed by atoms with Gasteiger partial charge in [0, 0.05) is 11.3 Å². The smallest absolute Gasteiger partial charge is 0.268 e. The molecule has 0 saturated heterocycles. The molecule has 1 atom stereocenters. The Morgan fingerprint density at radius 1 is 1.19 bits per heavy atom. The predicted octanol–water partition coefficient (Wildman–Crippen LogP) is 2.95. The summed E-state index contributed by atoms with van der Waals surface area (Å²) in [5.41, 5.74) is 2.52. The zero-order chi connectivity index (χ0) is 18.8. The van der Waals surface area contributed by atoms with E-state index in [9.17, 15) is 14.4 Å². The third-order valence-corrected chi connectivity index (χ3v) is 4.29. The van der Waals surface area contributed by atoms with Crippen molar-refractivity contribution in [3.8, 4) is 5.75 Å². The highest BCUT2D eigenvalue weighted by molar-refractivity contribution is 6.07. The second-order valence-electron chi connectivity index (χ2n) is 6.29. The number of para-hydroxylation sites is 1. The summed E-state index contributed by atoms with van der Waals surface area (Å²) in [5, 5.41) is 2.82. The summed E-state index contributed by atoms with van der Waals surface area (Å²) in [5.74, 6) is -0.284. The first kappa shape index (κ1) is 17.7. The molecule has 1 aliphatic heterocycles. The minimum absolute atomic E-state index is 0.122. The van der Waals surface area contributed by atoms with Crippen molar-refractivity contribution >= 4 is 29.0 Å². The second-order valence-corrected chi connectivity index (χ2v) is 6.29. The molecule has 26 heavy (non-hydrogen) atoms. The Bertz CT molecular complexity index is 891. The number of ether oxygens (including phenoxy) is 1. The predicted molar refractivity (Wildman–Crippen MR) is 98.7 cm³/mol. The summed E-state index contributed by atoms with van der Waals surface area (Å²) in [4.78, 5) is 38.1. The van der Waals surface area contributed by atoms with E-state index in [1.54, 1.807) is 31.2 Å². The van der Waals surface area contributed by atoms with Crippen LogP contribution in [0, 0.1) is 6.92 Å². The molecular weight excluding hydrogens is 332 g/mol. The van der Waals surface area contributed by atoms with Crippen LogP contribution in [0.4, 0.5) is 11.4 Å². The van der Waals surface area contributed by atoms with Gasteiger partial charge in [-0.3, -0.25) is 19.3 Å². The summed E-state index contributed by atoms with van der Waals surface area (Å²) < 4.78 is 5.59. The van der Waals surface area contributed by atoms with Gasteiger partial charge >= 0.3 is 0 Å². The SMILES string of the molecule is CC(=O)c1ccc2c(c1)N(CC(=O)Nc1ccccc1C)C(=O)C(C)O2. The fraction of sp³-hybridized carbons (Fsp3) is 0.250. The molecule has 134 valence electrons. The first-order valence-electron chi connectivity index (χ1n) is 8.35. The van der Waals surface area contributed by atoms with Gasteiger partial charge in [-0.05, 0) is 50.6 Å². The van der Waals surface area contributed by atoms with Gasteiger partial charge in [-0.1, -0.05) is 18.2 Å². The van der Waals surface area contributed by atoms with E-state index in [0.717, 1.165) is 5.56 Å². The summed E-state index contributed by atoms with van der Waals surface area (Å²) in [7, 11) is 0. The molecule has 0 aliphatic carbocycles. The molecule has 2 amide bonds. The highest BCUT2D eigenvalue weighted by Crippen LogP contribution is 2.35. The molecule has 0 spiro atoms. The maximum absolute atomic E-state index is 12.6. The standard InChI is InChI=1S/C20H20N2O4/c1-12-6-4-5-7-16(12)21-19(24)11-22-17-10-15(13(2)23)8-9-18(17)26-14(3)20(22)25/h4-10,14H,11H2,1-3H3,(H,21,24). The molecule has 0 saturated carbocycles. The van der Waals surface area contributed by atoms with E-state index in [1.807, 2.05) is 25.1 Å². The number of ketones is 1. The monoisotopic (exact) mass is 352 g/mol. The molecule has 3 rings (SSSR count). The van der Waals surface area contributed by atoms with Gasteiger partial charge in [-0.2, -0.15) is 0 Å². The molecule has 0 bridgehead atoms. The Kier molecular flexibility index (Phi) is 4.75. The zero-order valence-corrected chi connectivity index (χ0v) is 14.9. The lowest BCUT2D eigenvalue weighted by Crippen LogP contribution is -2.47. The van der Waals surface area contributed by atoms with Crippen LogP contribution < -0.4 is 15.0 Å². The van der Waals surface area contributed by atoms with Crippen LogP contribution in [0.3, 0.4) is 0 Å².